The molecule has 0 unspecified atom stereocenters. The van der Waals surface area contributed by atoms with Crippen LogP contribution in [0.3, 0.4) is 0 Å². The van der Waals surface area contributed by atoms with Crippen molar-refractivity contribution in [2.45, 2.75) is 19.7 Å². The molecule has 1 N–H and O–H groups in total. The number of aliphatic hydroxyl groups excluding tert-OH is 1. The Morgan fingerprint density at radius 1 is 1.47 bits per heavy atom. The number of nitriles is 1. The van der Waals surface area contributed by atoms with Crippen LogP contribution in [-0.4, -0.2) is 17.7 Å². The summed E-state index contributed by atoms with van der Waals surface area (Å²) in [6, 6.07) is 3.00. The van der Waals surface area contributed by atoms with Gasteiger partial charge in [-0.3, -0.25) is 0 Å². The van der Waals surface area contributed by atoms with E-state index in [4.69, 9.17) is 10.4 Å². The van der Waals surface area contributed by atoms with E-state index in [1.807, 2.05) is 0 Å². The smallest absolute Gasteiger partial charge is 0.417 e. The van der Waals surface area contributed by atoms with Crippen LogP contribution in [0.5, 0.6) is 0 Å². The second-order valence-electron chi connectivity index (χ2n) is 3.54. The van der Waals surface area contributed by atoms with Crippen LogP contribution in [0.15, 0.2) is 12.1 Å². The van der Waals surface area contributed by atoms with Crippen molar-refractivity contribution < 1.29 is 27.8 Å². The Hall–Kier alpha value is -2.07. The van der Waals surface area contributed by atoms with Gasteiger partial charge in [-0.2, -0.15) is 18.4 Å². The Kier molecular flexibility index (Phi) is 4.51. The number of benzene rings is 1. The molecule has 7 heteroatoms. The van der Waals surface area contributed by atoms with E-state index < -0.39 is 29.9 Å². The van der Waals surface area contributed by atoms with E-state index in [0.29, 0.717) is 6.07 Å². The molecule has 1 rings (SSSR count). The van der Waals surface area contributed by atoms with Crippen LogP contribution in [-0.2, 0) is 17.5 Å². The summed E-state index contributed by atoms with van der Waals surface area (Å²) in [4.78, 5) is 11.5. The number of aliphatic hydroxyl groups is 1. The number of alkyl halides is 3. The Bertz CT molecular complexity index is 532. The van der Waals surface area contributed by atoms with Crippen LogP contribution in [0.4, 0.5) is 13.2 Å². The van der Waals surface area contributed by atoms with Crippen molar-refractivity contribution in [1.82, 2.24) is 0 Å². The van der Waals surface area contributed by atoms with E-state index in [1.165, 1.54) is 6.92 Å². The summed E-state index contributed by atoms with van der Waals surface area (Å²) in [6.07, 6.45) is -4.78. The molecule has 0 bridgehead atoms. The van der Waals surface area contributed by atoms with Gasteiger partial charge >= 0.3 is 12.1 Å². The van der Waals surface area contributed by atoms with Crippen molar-refractivity contribution >= 4 is 5.97 Å². The van der Waals surface area contributed by atoms with Crippen molar-refractivity contribution in [2.75, 3.05) is 6.61 Å². The van der Waals surface area contributed by atoms with E-state index >= 15 is 0 Å². The Labute approximate surface area is 107 Å². The lowest BCUT2D eigenvalue weighted by atomic mass is 9.98. The predicted molar refractivity (Wildman–Crippen MR) is 58.0 cm³/mol. The zero-order valence-corrected chi connectivity index (χ0v) is 9.91. The summed E-state index contributed by atoms with van der Waals surface area (Å²) in [5, 5.41) is 17.7. The zero-order chi connectivity index (χ0) is 14.6. The molecule has 0 spiro atoms. The fourth-order valence-corrected chi connectivity index (χ4v) is 1.49. The molecule has 0 saturated carbocycles. The molecular formula is C12H10F3NO3. The Morgan fingerprint density at radius 2 is 2.11 bits per heavy atom. The fourth-order valence-electron chi connectivity index (χ4n) is 1.49. The van der Waals surface area contributed by atoms with Gasteiger partial charge in [-0.1, -0.05) is 0 Å². The van der Waals surface area contributed by atoms with Gasteiger partial charge in [0.2, 0.25) is 0 Å². The number of nitrogens with zero attached hydrogens (tertiary/aromatic N) is 1. The molecule has 4 nitrogen and oxygen atoms in total. The molecule has 0 heterocycles. The maximum atomic E-state index is 12.8. The maximum Gasteiger partial charge on any atom is 0.417 e. The van der Waals surface area contributed by atoms with Crippen LogP contribution < -0.4 is 0 Å². The first kappa shape index (κ1) is 15.0. The first-order valence-corrected chi connectivity index (χ1v) is 5.27. The molecule has 0 atom stereocenters. The van der Waals surface area contributed by atoms with Crippen LogP contribution in [0.1, 0.15) is 34.0 Å². The van der Waals surface area contributed by atoms with Gasteiger partial charge in [0, 0.05) is 0 Å². The fraction of sp³-hybridized carbons (Fsp3) is 0.333. The highest BCUT2D eigenvalue weighted by Gasteiger charge is 2.36. The SMILES string of the molecule is CCOC(=O)c1cc(C#N)c(CO)cc1C(F)(F)F. The summed E-state index contributed by atoms with van der Waals surface area (Å²) in [5.74, 6) is -1.16. The molecule has 1 aromatic rings. The number of hydrogen-bond donors (Lipinski definition) is 1. The summed E-state index contributed by atoms with van der Waals surface area (Å²) >= 11 is 0. The van der Waals surface area contributed by atoms with Gasteiger partial charge in [0.1, 0.15) is 0 Å². The van der Waals surface area contributed by atoms with Crippen molar-refractivity contribution in [2.24, 2.45) is 0 Å². The lowest BCUT2D eigenvalue weighted by Gasteiger charge is -2.14. The van der Waals surface area contributed by atoms with Gasteiger partial charge in [-0.05, 0) is 24.6 Å². The molecular weight excluding hydrogens is 263 g/mol. The maximum absolute atomic E-state index is 12.8. The summed E-state index contributed by atoms with van der Waals surface area (Å²) in [5.41, 5.74) is -2.35. The van der Waals surface area contributed by atoms with E-state index in [-0.39, 0.29) is 17.7 Å². The van der Waals surface area contributed by atoms with Gasteiger partial charge < -0.3 is 9.84 Å². The Morgan fingerprint density at radius 3 is 2.53 bits per heavy atom. The second-order valence-corrected chi connectivity index (χ2v) is 3.54. The van der Waals surface area contributed by atoms with E-state index in [9.17, 15) is 18.0 Å². The average molecular weight is 273 g/mol. The van der Waals surface area contributed by atoms with Gasteiger partial charge in [0.25, 0.3) is 0 Å². The number of hydrogen-bond acceptors (Lipinski definition) is 4. The van der Waals surface area contributed by atoms with Crippen LogP contribution in [0.25, 0.3) is 0 Å². The molecule has 0 radical (unpaired) electrons. The number of carbonyl (C=O) groups excluding carboxylic acids is 1. The van der Waals surface area contributed by atoms with E-state index in [0.717, 1.165) is 6.07 Å². The average Bonchev–Trinajstić information content (AvgIpc) is 2.36. The highest BCUT2D eigenvalue weighted by Crippen LogP contribution is 2.34. The molecule has 0 aromatic heterocycles. The monoisotopic (exact) mass is 273 g/mol. The quantitative estimate of drug-likeness (QED) is 0.857. The third kappa shape index (κ3) is 3.23. The number of carbonyl (C=O) groups is 1. The Balaban J connectivity index is 3.50. The number of esters is 1. The summed E-state index contributed by atoms with van der Waals surface area (Å²) in [6.45, 7) is 0.646. The minimum Gasteiger partial charge on any atom is -0.462 e. The molecule has 19 heavy (non-hydrogen) atoms. The normalized spacial score (nSPS) is 10.9. The van der Waals surface area contributed by atoms with E-state index in [1.54, 1.807) is 6.07 Å². The van der Waals surface area contributed by atoms with Crippen molar-refractivity contribution in [1.29, 1.82) is 5.26 Å². The highest BCUT2D eigenvalue weighted by molar-refractivity contribution is 5.92. The zero-order valence-electron chi connectivity index (χ0n) is 9.91. The van der Waals surface area contributed by atoms with Gasteiger partial charge in [-0.25, -0.2) is 4.79 Å². The highest BCUT2D eigenvalue weighted by atomic mass is 19.4. The lowest BCUT2D eigenvalue weighted by molar-refractivity contribution is -0.138. The minimum atomic E-state index is -4.78. The van der Waals surface area contributed by atoms with Crippen LogP contribution in [0, 0.1) is 11.3 Å². The minimum absolute atomic E-state index is 0.0836. The molecule has 0 fully saturated rings. The molecule has 0 saturated heterocycles. The van der Waals surface area contributed by atoms with Crippen molar-refractivity contribution in [3.8, 4) is 6.07 Å². The third-order valence-electron chi connectivity index (χ3n) is 2.33. The lowest BCUT2D eigenvalue weighted by Crippen LogP contribution is -2.16. The number of rotatable bonds is 3. The second kappa shape index (κ2) is 5.71. The summed E-state index contributed by atoms with van der Waals surface area (Å²) < 4.78 is 43.0. The van der Waals surface area contributed by atoms with Crippen molar-refractivity contribution in [3.05, 3.63) is 34.4 Å². The van der Waals surface area contributed by atoms with Gasteiger partial charge in [0.15, 0.2) is 0 Å². The van der Waals surface area contributed by atoms with E-state index in [2.05, 4.69) is 4.74 Å². The van der Waals surface area contributed by atoms with Gasteiger partial charge in [-0.15, -0.1) is 0 Å². The molecule has 0 aliphatic rings. The molecule has 0 aliphatic carbocycles. The van der Waals surface area contributed by atoms with Crippen molar-refractivity contribution in [3.63, 3.8) is 0 Å². The summed E-state index contributed by atoms with van der Waals surface area (Å²) in [7, 11) is 0. The predicted octanol–water partition coefficient (Wildman–Crippen LogP) is 2.25. The molecule has 102 valence electrons. The largest absolute Gasteiger partial charge is 0.462 e. The molecule has 0 amide bonds. The standard InChI is InChI=1S/C12H10F3NO3/c1-2-19-11(18)9-3-7(5-16)8(6-17)4-10(9)12(13,14)15/h3-4,17H,2,6H2,1H3. The van der Waals surface area contributed by atoms with Crippen LogP contribution in [0.2, 0.25) is 0 Å². The topological polar surface area (TPSA) is 70.3 Å². The number of halogens is 3. The molecule has 0 aliphatic heterocycles. The third-order valence-corrected chi connectivity index (χ3v) is 2.33. The van der Waals surface area contributed by atoms with Gasteiger partial charge in [0.05, 0.1) is 36.0 Å². The molecule has 1 aromatic carbocycles. The number of ether oxygens (including phenoxy) is 1. The van der Waals surface area contributed by atoms with Crippen LogP contribution >= 0.6 is 0 Å². The first-order chi connectivity index (χ1) is 8.85. The first-order valence-electron chi connectivity index (χ1n) is 5.27.